The van der Waals surface area contributed by atoms with Gasteiger partial charge < -0.3 is 15.0 Å². The SMILES string of the molecule is CNC1CCCN(C(=O)CCCOc2ccccc2Br)C1.Cl. The molecule has 0 aliphatic carbocycles. The second-order valence-corrected chi connectivity index (χ2v) is 6.20. The first-order valence-electron chi connectivity index (χ1n) is 7.53. The van der Waals surface area contributed by atoms with E-state index in [0.29, 0.717) is 19.1 Å². The largest absolute Gasteiger partial charge is 0.492 e. The lowest BCUT2D eigenvalue weighted by molar-refractivity contribution is -0.132. The molecule has 6 heteroatoms. The maximum Gasteiger partial charge on any atom is 0.222 e. The lowest BCUT2D eigenvalue weighted by Gasteiger charge is -2.32. The summed E-state index contributed by atoms with van der Waals surface area (Å²) in [5.41, 5.74) is 0. The van der Waals surface area contributed by atoms with Crippen molar-refractivity contribution in [3.8, 4) is 5.75 Å². The Kier molecular flexibility index (Phi) is 8.83. The summed E-state index contributed by atoms with van der Waals surface area (Å²) >= 11 is 3.45. The van der Waals surface area contributed by atoms with Gasteiger partial charge in [-0.3, -0.25) is 4.79 Å². The molecule has 4 nitrogen and oxygen atoms in total. The van der Waals surface area contributed by atoms with Gasteiger partial charge in [-0.1, -0.05) is 12.1 Å². The molecule has 124 valence electrons. The number of hydrogen-bond acceptors (Lipinski definition) is 3. The molecule has 1 saturated heterocycles. The van der Waals surface area contributed by atoms with Gasteiger partial charge in [0.05, 0.1) is 11.1 Å². The number of benzene rings is 1. The molecular weight excluding hydrogens is 368 g/mol. The van der Waals surface area contributed by atoms with Gasteiger partial charge in [0.2, 0.25) is 5.91 Å². The third-order valence-electron chi connectivity index (χ3n) is 3.81. The van der Waals surface area contributed by atoms with Crippen molar-refractivity contribution in [2.24, 2.45) is 0 Å². The highest BCUT2D eigenvalue weighted by Crippen LogP contribution is 2.23. The summed E-state index contributed by atoms with van der Waals surface area (Å²) in [6, 6.07) is 8.21. The topological polar surface area (TPSA) is 41.6 Å². The molecule has 1 aromatic carbocycles. The van der Waals surface area contributed by atoms with E-state index in [1.54, 1.807) is 0 Å². The number of hydrogen-bond donors (Lipinski definition) is 1. The molecule has 1 aromatic rings. The van der Waals surface area contributed by atoms with Crippen molar-refractivity contribution in [2.75, 3.05) is 26.7 Å². The number of piperidine rings is 1. The summed E-state index contributed by atoms with van der Waals surface area (Å²) < 4.78 is 6.64. The van der Waals surface area contributed by atoms with E-state index < -0.39 is 0 Å². The molecule has 0 saturated carbocycles. The predicted octanol–water partition coefficient (Wildman–Crippen LogP) is 3.24. The van der Waals surface area contributed by atoms with Crippen molar-refractivity contribution < 1.29 is 9.53 Å². The van der Waals surface area contributed by atoms with E-state index in [2.05, 4.69) is 21.2 Å². The second kappa shape index (κ2) is 10.1. The average Bonchev–Trinajstić information content (AvgIpc) is 2.53. The normalized spacial score (nSPS) is 17.7. The first-order chi connectivity index (χ1) is 10.2. The highest BCUT2D eigenvalue weighted by molar-refractivity contribution is 9.10. The van der Waals surface area contributed by atoms with Crippen LogP contribution in [0.25, 0.3) is 0 Å². The van der Waals surface area contributed by atoms with Crippen molar-refractivity contribution in [1.82, 2.24) is 10.2 Å². The smallest absolute Gasteiger partial charge is 0.222 e. The summed E-state index contributed by atoms with van der Waals surface area (Å²) in [4.78, 5) is 14.1. The number of halogens is 2. The van der Waals surface area contributed by atoms with Crippen LogP contribution in [0.5, 0.6) is 5.75 Å². The van der Waals surface area contributed by atoms with Gasteiger partial charge >= 0.3 is 0 Å². The van der Waals surface area contributed by atoms with Gasteiger partial charge in [0.25, 0.3) is 0 Å². The van der Waals surface area contributed by atoms with Crippen molar-refractivity contribution >= 4 is 34.2 Å². The zero-order chi connectivity index (χ0) is 15.1. The van der Waals surface area contributed by atoms with E-state index in [4.69, 9.17) is 4.74 Å². The Morgan fingerprint density at radius 1 is 1.45 bits per heavy atom. The van der Waals surface area contributed by atoms with Gasteiger partial charge in [-0.25, -0.2) is 0 Å². The minimum Gasteiger partial charge on any atom is -0.492 e. The Morgan fingerprint density at radius 3 is 2.95 bits per heavy atom. The molecular formula is C16H24BrClN2O2. The fourth-order valence-corrected chi connectivity index (χ4v) is 2.96. The molecule has 0 radical (unpaired) electrons. The van der Waals surface area contributed by atoms with Crippen LogP contribution in [0.15, 0.2) is 28.7 Å². The fourth-order valence-electron chi connectivity index (χ4n) is 2.56. The fraction of sp³-hybridized carbons (Fsp3) is 0.562. The van der Waals surface area contributed by atoms with Crippen molar-refractivity contribution in [3.05, 3.63) is 28.7 Å². The van der Waals surface area contributed by atoms with Crippen molar-refractivity contribution in [1.29, 1.82) is 0 Å². The third-order valence-corrected chi connectivity index (χ3v) is 4.47. The number of nitrogens with one attached hydrogen (secondary N) is 1. The molecule has 1 aliphatic heterocycles. The Labute approximate surface area is 147 Å². The number of likely N-dealkylation sites (N-methyl/N-ethyl adjacent to an activating group) is 1. The number of carbonyl (C=O) groups is 1. The zero-order valence-corrected chi connectivity index (χ0v) is 15.3. The van der Waals surface area contributed by atoms with E-state index in [1.807, 2.05) is 36.2 Å². The Hall–Kier alpha value is -0.780. The van der Waals surface area contributed by atoms with Crippen LogP contribution in [-0.2, 0) is 4.79 Å². The summed E-state index contributed by atoms with van der Waals surface area (Å²) in [6.45, 7) is 2.29. The number of carbonyl (C=O) groups excluding carboxylic acids is 1. The van der Waals surface area contributed by atoms with E-state index in [9.17, 15) is 4.79 Å². The van der Waals surface area contributed by atoms with Crippen LogP contribution in [0.4, 0.5) is 0 Å². The van der Waals surface area contributed by atoms with Crippen LogP contribution in [0.3, 0.4) is 0 Å². The number of nitrogens with zero attached hydrogens (tertiary/aromatic N) is 1. The highest BCUT2D eigenvalue weighted by atomic mass is 79.9. The lowest BCUT2D eigenvalue weighted by Crippen LogP contribution is -2.46. The molecule has 1 aliphatic rings. The van der Waals surface area contributed by atoms with Gasteiger partial charge in [-0.15, -0.1) is 12.4 Å². The maximum absolute atomic E-state index is 12.2. The maximum atomic E-state index is 12.2. The second-order valence-electron chi connectivity index (χ2n) is 5.35. The van der Waals surface area contributed by atoms with Gasteiger partial charge in [0.15, 0.2) is 0 Å². The quantitative estimate of drug-likeness (QED) is 0.757. The lowest BCUT2D eigenvalue weighted by atomic mass is 10.1. The first kappa shape index (κ1) is 19.3. The predicted molar refractivity (Wildman–Crippen MR) is 94.8 cm³/mol. The molecule has 1 N–H and O–H groups in total. The molecule has 0 aromatic heterocycles. The molecule has 1 amide bonds. The first-order valence-corrected chi connectivity index (χ1v) is 8.32. The molecule has 0 spiro atoms. The minimum absolute atomic E-state index is 0. The van der Waals surface area contributed by atoms with E-state index in [0.717, 1.165) is 42.6 Å². The summed E-state index contributed by atoms with van der Waals surface area (Å²) in [7, 11) is 1.96. The number of para-hydroxylation sites is 1. The van der Waals surface area contributed by atoms with Crippen LogP contribution >= 0.6 is 28.3 Å². The van der Waals surface area contributed by atoms with Crippen molar-refractivity contribution in [2.45, 2.75) is 31.7 Å². The molecule has 1 heterocycles. The Morgan fingerprint density at radius 2 is 2.23 bits per heavy atom. The Bertz CT molecular complexity index is 473. The van der Waals surface area contributed by atoms with Crippen LogP contribution in [0, 0.1) is 0 Å². The van der Waals surface area contributed by atoms with Gasteiger partial charge in [-0.2, -0.15) is 0 Å². The van der Waals surface area contributed by atoms with E-state index in [-0.39, 0.29) is 18.3 Å². The molecule has 22 heavy (non-hydrogen) atoms. The zero-order valence-electron chi connectivity index (χ0n) is 12.9. The van der Waals surface area contributed by atoms with Gasteiger partial charge in [-0.05, 0) is 54.4 Å². The number of amides is 1. The van der Waals surface area contributed by atoms with Gasteiger partial charge in [0, 0.05) is 25.6 Å². The third kappa shape index (κ3) is 5.78. The number of ether oxygens (including phenoxy) is 1. The highest BCUT2D eigenvalue weighted by Gasteiger charge is 2.21. The molecule has 2 rings (SSSR count). The minimum atomic E-state index is 0. The molecule has 1 unspecified atom stereocenters. The summed E-state index contributed by atoms with van der Waals surface area (Å²) in [6.07, 6.45) is 3.55. The van der Waals surface area contributed by atoms with Crippen LogP contribution < -0.4 is 10.1 Å². The number of rotatable bonds is 6. The van der Waals surface area contributed by atoms with E-state index >= 15 is 0 Å². The summed E-state index contributed by atoms with van der Waals surface area (Å²) in [5.74, 6) is 1.07. The van der Waals surface area contributed by atoms with Crippen LogP contribution in [0.1, 0.15) is 25.7 Å². The van der Waals surface area contributed by atoms with E-state index in [1.165, 1.54) is 0 Å². The van der Waals surface area contributed by atoms with Gasteiger partial charge in [0.1, 0.15) is 5.75 Å². The monoisotopic (exact) mass is 390 g/mol. The standard InChI is InChI=1S/C16H23BrN2O2.ClH/c1-18-13-6-4-10-19(12-13)16(20)9-5-11-21-15-8-3-2-7-14(15)17;/h2-3,7-8,13,18H,4-6,9-12H2,1H3;1H. The Balaban J connectivity index is 0.00000242. The molecule has 1 atom stereocenters. The van der Waals surface area contributed by atoms with Crippen LogP contribution in [-0.4, -0.2) is 43.6 Å². The average molecular weight is 392 g/mol. The van der Waals surface area contributed by atoms with Crippen LogP contribution in [0.2, 0.25) is 0 Å². The number of likely N-dealkylation sites (tertiary alicyclic amines) is 1. The molecule has 1 fully saturated rings. The molecule has 0 bridgehead atoms. The summed E-state index contributed by atoms with van der Waals surface area (Å²) in [5, 5.41) is 3.26. The van der Waals surface area contributed by atoms with Crippen molar-refractivity contribution in [3.63, 3.8) is 0 Å².